The first kappa shape index (κ1) is 12.0. The molecule has 0 radical (unpaired) electrons. The maximum atomic E-state index is 11.7. The van der Waals surface area contributed by atoms with Gasteiger partial charge in [0.1, 0.15) is 0 Å². The quantitative estimate of drug-likeness (QED) is 0.909. The van der Waals surface area contributed by atoms with E-state index in [0.717, 1.165) is 32.5 Å². The number of carbonyl (C=O) groups excluding carboxylic acids is 1. The fourth-order valence-electron chi connectivity index (χ4n) is 2.75. The normalized spacial score (nSPS) is 30.2. The second-order valence-corrected chi connectivity index (χ2v) is 5.62. The Labute approximate surface area is 114 Å². The number of rotatable bonds is 2. The zero-order chi connectivity index (χ0) is 12.5. The number of piperidine rings is 3. The maximum Gasteiger partial charge on any atom is 0.415 e. The Hall–Kier alpha value is -1.01. The molecule has 4 rings (SSSR count). The van der Waals surface area contributed by atoms with Crippen molar-refractivity contribution in [3.63, 3.8) is 0 Å². The summed E-state index contributed by atoms with van der Waals surface area (Å²) in [5, 5.41) is 2.93. The van der Waals surface area contributed by atoms with Crippen molar-refractivity contribution in [1.29, 1.82) is 0 Å². The third kappa shape index (κ3) is 2.54. The van der Waals surface area contributed by atoms with Crippen LogP contribution in [0.4, 0.5) is 4.79 Å². The summed E-state index contributed by atoms with van der Waals surface area (Å²) in [6, 6.07) is 3.51. The van der Waals surface area contributed by atoms with E-state index in [1.807, 2.05) is 0 Å². The van der Waals surface area contributed by atoms with Gasteiger partial charge in [0, 0.05) is 18.7 Å². The highest BCUT2D eigenvalue weighted by molar-refractivity contribution is 9.10. The van der Waals surface area contributed by atoms with E-state index >= 15 is 0 Å². The van der Waals surface area contributed by atoms with Gasteiger partial charge in [-0.25, -0.2) is 4.79 Å². The number of ether oxygens (including phenoxy) is 1. The van der Waals surface area contributed by atoms with Gasteiger partial charge in [0.25, 0.3) is 5.95 Å². The summed E-state index contributed by atoms with van der Waals surface area (Å²) in [6.45, 7) is 3.24. The van der Waals surface area contributed by atoms with E-state index < -0.39 is 6.09 Å². The molecule has 6 heteroatoms. The van der Waals surface area contributed by atoms with Crippen LogP contribution in [0.1, 0.15) is 12.8 Å². The fourth-order valence-corrected chi connectivity index (χ4v) is 3.05. The minimum atomic E-state index is -0.435. The van der Waals surface area contributed by atoms with E-state index in [-0.39, 0.29) is 12.0 Å². The molecule has 3 fully saturated rings. The maximum absolute atomic E-state index is 11.7. The van der Waals surface area contributed by atoms with Crippen molar-refractivity contribution >= 4 is 22.0 Å². The summed E-state index contributed by atoms with van der Waals surface area (Å²) in [7, 11) is 0. The average molecular weight is 315 g/mol. The first-order chi connectivity index (χ1) is 8.70. The molecule has 2 bridgehead atoms. The second-order valence-electron chi connectivity index (χ2n) is 4.84. The molecule has 3 saturated heterocycles. The van der Waals surface area contributed by atoms with Crippen molar-refractivity contribution in [2.45, 2.75) is 18.9 Å². The van der Waals surface area contributed by atoms with Crippen LogP contribution in [0.2, 0.25) is 0 Å². The Morgan fingerprint density at radius 2 is 2.22 bits per heavy atom. The van der Waals surface area contributed by atoms with Crippen molar-refractivity contribution < 1.29 is 13.9 Å². The standard InChI is InChI=1S/C12H15BrN2O3/c13-10-1-2-11(17-10)18-12(16)14-9-7-15-5-3-8(9)4-6-15/h1-2,8-9H,3-7H2,(H,14,16)/t9-/m0/s1. The molecule has 1 atom stereocenters. The molecular weight excluding hydrogens is 300 g/mol. The van der Waals surface area contributed by atoms with Gasteiger partial charge in [0.2, 0.25) is 0 Å². The van der Waals surface area contributed by atoms with Gasteiger partial charge in [-0.05, 0) is 53.8 Å². The lowest BCUT2D eigenvalue weighted by Crippen LogP contribution is -2.57. The van der Waals surface area contributed by atoms with Crippen LogP contribution in [0, 0.1) is 5.92 Å². The minimum Gasteiger partial charge on any atom is -0.418 e. The van der Waals surface area contributed by atoms with Gasteiger partial charge >= 0.3 is 6.09 Å². The predicted octanol–water partition coefficient (Wildman–Crippen LogP) is 2.22. The topological polar surface area (TPSA) is 54.7 Å². The van der Waals surface area contributed by atoms with E-state index in [1.165, 1.54) is 0 Å². The van der Waals surface area contributed by atoms with E-state index in [0.29, 0.717) is 10.6 Å². The van der Waals surface area contributed by atoms with E-state index in [2.05, 4.69) is 26.1 Å². The van der Waals surface area contributed by atoms with Crippen molar-refractivity contribution in [2.24, 2.45) is 5.92 Å². The monoisotopic (exact) mass is 314 g/mol. The molecule has 4 heterocycles. The molecule has 0 spiro atoms. The molecule has 0 aromatic carbocycles. The van der Waals surface area contributed by atoms with Crippen LogP contribution in [0.25, 0.3) is 0 Å². The highest BCUT2D eigenvalue weighted by Crippen LogP contribution is 2.27. The molecule has 18 heavy (non-hydrogen) atoms. The molecule has 1 N–H and O–H groups in total. The van der Waals surface area contributed by atoms with Gasteiger partial charge in [0.15, 0.2) is 4.67 Å². The minimum absolute atomic E-state index is 0.207. The van der Waals surface area contributed by atoms with E-state index in [9.17, 15) is 4.79 Å². The molecule has 1 aromatic rings. The Morgan fingerprint density at radius 1 is 1.44 bits per heavy atom. The molecule has 98 valence electrons. The molecule has 0 unspecified atom stereocenters. The molecule has 3 aliphatic heterocycles. The lowest BCUT2D eigenvalue weighted by Gasteiger charge is -2.44. The van der Waals surface area contributed by atoms with Gasteiger partial charge in [-0.2, -0.15) is 0 Å². The highest BCUT2D eigenvalue weighted by Gasteiger charge is 2.35. The zero-order valence-electron chi connectivity index (χ0n) is 9.89. The third-order valence-corrected chi connectivity index (χ3v) is 4.13. The largest absolute Gasteiger partial charge is 0.418 e. The summed E-state index contributed by atoms with van der Waals surface area (Å²) in [6.07, 6.45) is 1.89. The Bertz CT molecular complexity index is 440. The summed E-state index contributed by atoms with van der Waals surface area (Å²) < 4.78 is 10.8. The van der Waals surface area contributed by atoms with Crippen molar-refractivity contribution in [3.05, 3.63) is 16.8 Å². The Morgan fingerprint density at radius 3 is 2.78 bits per heavy atom. The zero-order valence-corrected chi connectivity index (χ0v) is 11.5. The smallest absolute Gasteiger partial charge is 0.415 e. The molecule has 5 nitrogen and oxygen atoms in total. The highest BCUT2D eigenvalue weighted by atomic mass is 79.9. The van der Waals surface area contributed by atoms with Crippen LogP contribution in [0.5, 0.6) is 5.95 Å². The van der Waals surface area contributed by atoms with Crippen LogP contribution < -0.4 is 10.1 Å². The summed E-state index contributed by atoms with van der Waals surface area (Å²) in [5.74, 6) is 0.798. The van der Waals surface area contributed by atoms with E-state index in [4.69, 9.17) is 9.15 Å². The van der Waals surface area contributed by atoms with Crippen molar-refractivity contribution in [2.75, 3.05) is 19.6 Å². The number of hydrogen-bond donors (Lipinski definition) is 1. The lowest BCUT2D eigenvalue weighted by atomic mass is 9.84. The SMILES string of the molecule is O=C(N[C@H]1CN2CCC1CC2)Oc1ccc(Br)o1. The number of nitrogens with one attached hydrogen (secondary N) is 1. The van der Waals surface area contributed by atoms with Crippen molar-refractivity contribution in [3.8, 4) is 5.95 Å². The number of amides is 1. The van der Waals surface area contributed by atoms with Crippen LogP contribution in [-0.2, 0) is 0 Å². The first-order valence-corrected chi connectivity index (χ1v) is 6.96. The molecule has 3 aliphatic rings. The second kappa shape index (κ2) is 4.93. The first-order valence-electron chi connectivity index (χ1n) is 6.17. The Balaban J connectivity index is 1.55. The predicted molar refractivity (Wildman–Crippen MR) is 68.5 cm³/mol. The molecule has 0 aliphatic carbocycles. The number of carbonyl (C=O) groups is 1. The Kier molecular flexibility index (Phi) is 3.30. The molecule has 0 saturated carbocycles. The number of halogens is 1. The average Bonchev–Trinajstić information content (AvgIpc) is 2.76. The van der Waals surface area contributed by atoms with Gasteiger partial charge in [-0.15, -0.1) is 0 Å². The van der Waals surface area contributed by atoms with Gasteiger partial charge in [0.05, 0.1) is 0 Å². The summed E-state index contributed by atoms with van der Waals surface area (Å²) >= 11 is 3.16. The summed E-state index contributed by atoms with van der Waals surface area (Å²) in [4.78, 5) is 14.1. The third-order valence-electron chi connectivity index (χ3n) is 3.70. The van der Waals surface area contributed by atoms with Crippen molar-refractivity contribution in [1.82, 2.24) is 10.2 Å². The molecular formula is C12H15BrN2O3. The van der Waals surface area contributed by atoms with Crippen LogP contribution in [0.15, 0.2) is 21.2 Å². The van der Waals surface area contributed by atoms with Crippen LogP contribution in [-0.4, -0.2) is 36.7 Å². The van der Waals surface area contributed by atoms with Gasteiger partial charge < -0.3 is 19.4 Å². The fraction of sp³-hybridized carbons (Fsp3) is 0.583. The number of fused-ring (bicyclic) bond motifs is 3. The lowest BCUT2D eigenvalue weighted by molar-refractivity contribution is 0.0714. The number of furan rings is 1. The van der Waals surface area contributed by atoms with Gasteiger partial charge in [-0.3, -0.25) is 0 Å². The van der Waals surface area contributed by atoms with Crippen LogP contribution in [0.3, 0.4) is 0 Å². The number of nitrogens with zero attached hydrogens (tertiary/aromatic N) is 1. The number of hydrogen-bond acceptors (Lipinski definition) is 4. The molecule has 1 amide bonds. The van der Waals surface area contributed by atoms with Crippen LogP contribution >= 0.6 is 15.9 Å². The summed E-state index contributed by atoms with van der Waals surface area (Å²) in [5.41, 5.74) is 0. The molecule has 1 aromatic heterocycles. The van der Waals surface area contributed by atoms with E-state index in [1.54, 1.807) is 12.1 Å². The van der Waals surface area contributed by atoms with Gasteiger partial charge in [-0.1, -0.05) is 0 Å².